The van der Waals surface area contributed by atoms with Crippen molar-refractivity contribution in [3.63, 3.8) is 0 Å². The summed E-state index contributed by atoms with van der Waals surface area (Å²) in [5, 5.41) is 7.17. The lowest BCUT2D eigenvalue weighted by Crippen LogP contribution is -2.46. The maximum atomic E-state index is 5.36. The zero-order chi connectivity index (χ0) is 12.1. The number of hydrogen-bond acceptors (Lipinski definition) is 3. The van der Waals surface area contributed by atoms with E-state index in [1.54, 1.807) is 6.26 Å². The van der Waals surface area contributed by atoms with Crippen molar-refractivity contribution in [3.8, 4) is 0 Å². The molecule has 0 amide bonds. The molecule has 2 rings (SSSR count). The summed E-state index contributed by atoms with van der Waals surface area (Å²) in [7, 11) is 0. The Bertz CT molecular complexity index is 310. The molecule has 17 heavy (non-hydrogen) atoms. The molecule has 1 saturated heterocycles. The summed E-state index contributed by atoms with van der Waals surface area (Å²) in [5.41, 5.74) is 0. The highest BCUT2D eigenvalue weighted by Crippen LogP contribution is 2.14. The van der Waals surface area contributed by atoms with Crippen LogP contribution in [-0.4, -0.2) is 25.2 Å². The van der Waals surface area contributed by atoms with E-state index in [1.165, 1.54) is 19.4 Å². The highest BCUT2D eigenvalue weighted by Gasteiger charge is 2.18. The van der Waals surface area contributed by atoms with Crippen molar-refractivity contribution in [3.05, 3.63) is 24.2 Å². The number of rotatable bonds is 5. The third kappa shape index (κ3) is 4.17. The van der Waals surface area contributed by atoms with E-state index in [0.29, 0.717) is 12.1 Å². The fourth-order valence-corrected chi connectivity index (χ4v) is 2.52. The molecule has 0 aromatic carbocycles. The molecule has 3 unspecified atom stereocenters. The third-order valence-electron chi connectivity index (χ3n) is 3.56. The molecule has 3 heteroatoms. The van der Waals surface area contributed by atoms with Crippen molar-refractivity contribution < 1.29 is 4.42 Å². The summed E-state index contributed by atoms with van der Waals surface area (Å²) in [6.07, 6.45) is 5.32. The van der Waals surface area contributed by atoms with E-state index in [2.05, 4.69) is 24.5 Å². The summed E-state index contributed by atoms with van der Waals surface area (Å²) < 4.78 is 5.36. The van der Waals surface area contributed by atoms with Gasteiger partial charge in [-0.2, -0.15) is 0 Å². The van der Waals surface area contributed by atoms with Gasteiger partial charge in [0.15, 0.2) is 0 Å². The molecule has 96 valence electrons. The first-order valence-corrected chi connectivity index (χ1v) is 6.73. The van der Waals surface area contributed by atoms with E-state index in [1.807, 2.05) is 12.1 Å². The zero-order valence-electron chi connectivity index (χ0n) is 10.9. The van der Waals surface area contributed by atoms with Crippen molar-refractivity contribution in [1.29, 1.82) is 0 Å². The van der Waals surface area contributed by atoms with Crippen molar-refractivity contribution in [1.82, 2.24) is 10.6 Å². The van der Waals surface area contributed by atoms with Gasteiger partial charge in [-0.3, -0.25) is 0 Å². The summed E-state index contributed by atoms with van der Waals surface area (Å²) in [6, 6.07) is 5.10. The highest BCUT2D eigenvalue weighted by atomic mass is 16.3. The maximum Gasteiger partial charge on any atom is 0.105 e. The first-order chi connectivity index (χ1) is 8.24. The standard InChI is InChI=1S/C14H24N2O/c1-11-5-6-15-13(8-11)10-16-12(2)9-14-4-3-7-17-14/h3-4,7,11-13,15-16H,5-6,8-10H2,1-2H3. The lowest BCUT2D eigenvalue weighted by Gasteiger charge is -2.29. The second kappa shape index (κ2) is 6.22. The maximum absolute atomic E-state index is 5.36. The average Bonchev–Trinajstić information content (AvgIpc) is 2.79. The number of hydrogen-bond donors (Lipinski definition) is 2. The predicted molar refractivity (Wildman–Crippen MR) is 70.1 cm³/mol. The molecule has 2 heterocycles. The molecule has 1 fully saturated rings. The van der Waals surface area contributed by atoms with Crippen LogP contribution in [0.5, 0.6) is 0 Å². The van der Waals surface area contributed by atoms with Crippen molar-refractivity contribution >= 4 is 0 Å². The van der Waals surface area contributed by atoms with Gasteiger partial charge in [0.2, 0.25) is 0 Å². The third-order valence-corrected chi connectivity index (χ3v) is 3.56. The Morgan fingerprint density at radius 3 is 3.18 bits per heavy atom. The van der Waals surface area contributed by atoms with Crippen LogP contribution in [0, 0.1) is 5.92 Å². The molecule has 1 aromatic heterocycles. The Labute approximate surface area is 104 Å². The normalized spacial score (nSPS) is 26.9. The molecular formula is C14H24N2O. The number of piperidine rings is 1. The lowest BCUT2D eigenvalue weighted by molar-refractivity contribution is 0.302. The first-order valence-electron chi connectivity index (χ1n) is 6.73. The van der Waals surface area contributed by atoms with Crippen molar-refractivity contribution in [2.75, 3.05) is 13.1 Å². The summed E-state index contributed by atoms with van der Waals surface area (Å²) in [5.74, 6) is 1.93. The molecule has 0 aliphatic carbocycles. The van der Waals surface area contributed by atoms with Gasteiger partial charge in [0, 0.05) is 25.0 Å². The molecule has 0 saturated carbocycles. The minimum Gasteiger partial charge on any atom is -0.469 e. The van der Waals surface area contributed by atoms with Crippen LogP contribution >= 0.6 is 0 Å². The summed E-state index contributed by atoms with van der Waals surface area (Å²) in [6.45, 7) is 6.79. The Hall–Kier alpha value is -0.800. The van der Waals surface area contributed by atoms with Crippen LogP contribution in [0.4, 0.5) is 0 Å². The molecule has 1 aromatic rings. The van der Waals surface area contributed by atoms with Crippen LogP contribution < -0.4 is 10.6 Å². The van der Waals surface area contributed by atoms with Crippen LogP contribution in [0.25, 0.3) is 0 Å². The van der Waals surface area contributed by atoms with Crippen LogP contribution in [0.1, 0.15) is 32.4 Å². The lowest BCUT2D eigenvalue weighted by atomic mass is 9.94. The topological polar surface area (TPSA) is 37.2 Å². The van der Waals surface area contributed by atoms with Crippen molar-refractivity contribution in [2.45, 2.75) is 45.2 Å². The highest BCUT2D eigenvalue weighted by molar-refractivity contribution is 5.00. The van der Waals surface area contributed by atoms with E-state index in [9.17, 15) is 0 Å². The van der Waals surface area contributed by atoms with Gasteiger partial charge in [-0.15, -0.1) is 0 Å². The van der Waals surface area contributed by atoms with Crippen LogP contribution in [-0.2, 0) is 6.42 Å². The number of furan rings is 1. The molecule has 2 N–H and O–H groups in total. The first kappa shape index (κ1) is 12.7. The zero-order valence-corrected chi connectivity index (χ0v) is 10.9. The minimum absolute atomic E-state index is 0.472. The monoisotopic (exact) mass is 236 g/mol. The molecule has 0 bridgehead atoms. The molecular weight excluding hydrogens is 212 g/mol. The van der Waals surface area contributed by atoms with E-state index < -0.39 is 0 Å². The molecule has 0 radical (unpaired) electrons. The largest absolute Gasteiger partial charge is 0.469 e. The SMILES string of the molecule is CC1CCNC(CNC(C)Cc2ccco2)C1. The van der Waals surface area contributed by atoms with Gasteiger partial charge in [0.25, 0.3) is 0 Å². The van der Waals surface area contributed by atoms with Gasteiger partial charge in [-0.1, -0.05) is 6.92 Å². The second-order valence-electron chi connectivity index (χ2n) is 5.37. The summed E-state index contributed by atoms with van der Waals surface area (Å²) in [4.78, 5) is 0. The van der Waals surface area contributed by atoms with Crippen molar-refractivity contribution in [2.24, 2.45) is 5.92 Å². The molecule has 0 spiro atoms. The minimum atomic E-state index is 0.472. The van der Waals surface area contributed by atoms with Crippen LogP contribution in [0.15, 0.2) is 22.8 Å². The Balaban J connectivity index is 1.67. The van der Waals surface area contributed by atoms with Gasteiger partial charge in [0.05, 0.1) is 6.26 Å². The van der Waals surface area contributed by atoms with E-state index in [-0.39, 0.29) is 0 Å². The van der Waals surface area contributed by atoms with Gasteiger partial charge in [-0.25, -0.2) is 0 Å². The molecule has 3 nitrogen and oxygen atoms in total. The smallest absolute Gasteiger partial charge is 0.105 e. The Morgan fingerprint density at radius 1 is 1.59 bits per heavy atom. The van der Waals surface area contributed by atoms with Gasteiger partial charge < -0.3 is 15.1 Å². The fourth-order valence-electron chi connectivity index (χ4n) is 2.52. The van der Waals surface area contributed by atoms with Gasteiger partial charge >= 0.3 is 0 Å². The molecule has 1 aliphatic heterocycles. The number of nitrogens with one attached hydrogen (secondary N) is 2. The second-order valence-corrected chi connectivity index (χ2v) is 5.37. The predicted octanol–water partition coefficient (Wildman–Crippen LogP) is 2.19. The Kier molecular flexibility index (Phi) is 4.63. The van der Waals surface area contributed by atoms with Gasteiger partial charge in [-0.05, 0) is 44.4 Å². The van der Waals surface area contributed by atoms with E-state index in [0.717, 1.165) is 24.6 Å². The average molecular weight is 236 g/mol. The Morgan fingerprint density at radius 2 is 2.47 bits per heavy atom. The van der Waals surface area contributed by atoms with E-state index >= 15 is 0 Å². The van der Waals surface area contributed by atoms with E-state index in [4.69, 9.17) is 4.42 Å². The molecule has 3 atom stereocenters. The van der Waals surface area contributed by atoms with Gasteiger partial charge in [0.1, 0.15) is 5.76 Å². The quantitative estimate of drug-likeness (QED) is 0.823. The van der Waals surface area contributed by atoms with Crippen LogP contribution in [0.3, 0.4) is 0 Å². The fraction of sp³-hybridized carbons (Fsp3) is 0.714. The summed E-state index contributed by atoms with van der Waals surface area (Å²) >= 11 is 0. The van der Waals surface area contributed by atoms with Crippen LogP contribution in [0.2, 0.25) is 0 Å². The molecule has 1 aliphatic rings.